The molecule has 3 unspecified atom stereocenters. The predicted molar refractivity (Wildman–Crippen MR) is 261 cm³/mol. The molecule has 0 spiro atoms. The van der Waals surface area contributed by atoms with Gasteiger partial charge in [-0.05, 0) is 77.3 Å². The maximum atomic E-state index is 12.7. The zero-order valence-corrected chi connectivity index (χ0v) is 40.5. The molecule has 2 aromatic carbocycles. The molecule has 15 N–H and O–H groups in total. The lowest BCUT2D eigenvalue weighted by atomic mass is 10.1. The third-order valence-corrected chi connectivity index (χ3v) is 9.03. The minimum absolute atomic E-state index is 0.0620. The number of primary amides is 1. The molecule has 0 aliphatic heterocycles. The van der Waals surface area contributed by atoms with Crippen LogP contribution in [0.15, 0.2) is 48.3 Å². The molecule has 0 heterocycles. The van der Waals surface area contributed by atoms with Gasteiger partial charge < -0.3 is 77.8 Å². The molecular formula is C43H72FN11O16. The number of hydrazine groups is 1. The number of aliphatic carboxylic acids is 1. The number of urea groups is 2. The predicted octanol–water partition coefficient (Wildman–Crippen LogP) is 4.04. The van der Waals surface area contributed by atoms with Crippen molar-refractivity contribution in [3.63, 3.8) is 0 Å². The van der Waals surface area contributed by atoms with E-state index in [1.54, 1.807) is 6.92 Å². The molecule has 0 saturated heterocycles. The van der Waals surface area contributed by atoms with Crippen LogP contribution in [0.25, 0.3) is 0 Å². The van der Waals surface area contributed by atoms with Crippen LogP contribution in [0.2, 0.25) is 0 Å². The van der Waals surface area contributed by atoms with Gasteiger partial charge in [0.2, 0.25) is 0 Å². The average molecular weight is 1020 g/mol. The van der Waals surface area contributed by atoms with E-state index in [2.05, 4.69) is 26.6 Å². The second-order valence-electron chi connectivity index (χ2n) is 14.6. The second-order valence-corrected chi connectivity index (χ2v) is 14.6. The van der Waals surface area contributed by atoms with E-state index in [0.717, 1.165) is 32.7 Å². The zero-order valence-electron chi connectivity index (χ0n) is 40.5. The number of ether oxygens (including phenoxy) is 2. The van der Waals surface area contributed by atoms with E-state index in [1.165, 1.54) is 54.7 Å². The van der Waals surface area contributed by atoms with Gasteiger partial charge in [0, 0.05) is 88.3 Å². The average Bonchev–Trinajstić information content (AvgIpc) is 3.32. The zero-order chi connectivity index (χ0) is 54.6. The van der Waals surface area contributed by atoms with Crippen LogP contribution in [0.3, 0.4) is 0 Å². The van der Waals surface area contributed by atoms with Crippen LogP contribution >= 0.6 is 0 Å². The molecule has 71 heavy (non-hydrogen) atoms. The van der Waals surface area contributed by atoms with Crippen LogP contribution in [-0.2, 0) is 19.2 Å². The van der Waals surface area contributed by atoms with Gasteiger partial charge in [-0.25, -0.2) is 15.4 Å². The number of anilines is 2. The van der Waals surface area contributed by atoms with E-state index in [4.69, 9.17) is 56.8 Å². The number of nitro groups is 2. The summed E-state index contributed by atoms with van der Waals surface area (Å²) in [7, 11) is 2.51. The number of carboxylic acid groups (broad SMARTS) is 3. The number of carbonyl (C=O) groups excluding carboxylic acids is 3. The second kappa shape index (κ2) is 43.5. The highest BCUT2D eigenvalue weighted by atomic mass is 19.1. The fraction of sp³-hybridized carbons (Fsp3) is 0.535. The number of nitrogens with two attached hydrogens (primary N) is 3. The first-order valence-electron chi connectivity index (χ1n) is 22.0. The summed E-state index contributed by atoms with van der Waals surface area (Å²) in [4.78, 5) is 81.4. The first-order valence-corrected chi connectivity index (χ1v) is 22.0. The maximum absolute atomic E-state index is 12.7. The summed E-state index contributed by atoms with van der Waals surface area (Å²) in [6.45, 7) is 3.30. The number of rotatable bonds is 31. The Balaban J connectivity index is -0.00000194. The van der Waals surface area contributed by atoms with Gasteiger partial charge in [-0.3, -0.25) is 39.0 Å². The first-order chi connectivity index (χ1) is 33.8. The number of nitrogens with one attached hydrogen (secondary N) is 5. The number of alkyl halides is 1. The number of hydrogen-bond donors (Lipinski definition) is 12. The lowest BCUT2D eigenvalue weighted by Crippen LogP contribution is -2.45. The van der Waals surface area contributed by atoms with Crippen LogP contribution in [0.1, 0.15) is 84.5 Å². The van der Waals surface area contributed by atoms with Crippen molar-refractivity contribution in [2.24, 2.45) is 17.3 Å². The van der Waals surface area contributed by atoms with Gasteiger partial charge in [0.15, 0.2) is 0 Å². The van der Waals surface area contributed by atoms with Gasteiger partial charge in [0.1, 0.15) is 48.4 Å². The number of benzene rings is 2. The summed E-state index contributed by atoms with van der Waals surface area (Å²) in [6.07, 6.45) is 8.10. The molecule has 0 saturated carbocycles. The number of aldehydes is 1. The third kappa shape index (κ3) is 36.0. The standard InChI is InChI=1S/C33H50FN9O8.C7H14N2O3.2CH2O2.CH4O/c1-24(40-33(36)45)9-4-6-17-39-30-20-28(12-14-32(30)43(48)49)51-23-26(41(37)21-25(35)10-8-15-34)22-50-27-11-13-31(42(46)47)29(19-27)38-16-5-2-3-7-18-44;1-5(3-4-6(10)11)9-7(12)8-2;2*2-1-3;1-2/h11-14,18-21,24,26,38-39H,2-10,15-17,22-23,35,37H2,1H3,(H3,36,40,45);5H,3-4H2,1-2H3,(H,10,11)(H2,8,9,12);2*1H,(H,2,3);2H,1H3/b25-21-;;;;. The topological polar surface area (TPSA) is 430 Å². The molecule has 0 bridgehead atoms. The van der Waals surface area contributed by atoms with Crippen molar-refractivity contribution >= 4 is 60.0 Å². The molecule has 0 aliphatic rings. The Labute approximate surface area is 410 Å². The normalized spacial score (nSPS) is 11.3. The minimum Gasteiger partial charge on any atom is -0.491 e. The fourth-order valence-electron chi connectivity index (χ4n) is 5.62. The Hall–Kier alpha value is -7.75. The van der Waals surface area contributed by atoms with Gasteiger partial charge in [-0.1, -0.05) is 6.42 Å². The first kappa shape index (κ1) is 67.5. The van der Waals surface area contributed by atoms with E-state index < -0.39 is 34.6 Å². The van der Waals surface area contributed by atoms with E-state index in [9.17, 15) is 43.8 Å². The quantitative estimate of drug-likeness (QED) is 0.0167. The number of aliphatic hydroxyl groups is 1. The molecule has 0 fully saturated rings. The van der Waals surface area contributed by atoms with Crippen LogP contribution in [-0.4, -0.2) is 138 Å². The van der Waals surface area contributed by atoms with Crippen molar-refractivity contribution in [2.75, 3.05) is 57.8 Å². The summed E-state index contributed by atoms with van der Waals surface area (Å²) in [5.74, 6) is 6.11. The van der Waals surface area contributed by atoms with E-state index >= 15 is 0 Å². The number of aliphatic hydroxyl groups excluding tert-OH is 1. The van der Waals surface area contributed by atoms with Crippen molar-refractivity contribution in [3.8, 4) is 11.5 Å². The van der Waals surface area contributed by atoms with Gasteiger partial charge in [0.25, 0.3) is 24.3 Å². The highest BCUT2D eigenvalue weighted by Crippen LogP contribution is 2.31. The molecular weight excluding hydrogens is 946 g/mol. The largest absolute Gasteiger partial charge is 0.491 e. The number of halogens is 1. The Morgan fingerprint density at radius 1 is 0.775 bits per heavy atom. The SMILES string of the molecule is CC(CCCCNc1cc(OCC(COc2ccc([N+](=O)[O-])c(NCCCCCC=O)c2)N(N)/C=C(\N)CCCF)ccc1[N+](=O)[O-])NC(N)=O.CNC(=O)NC(C)CCC(=O)O.CO.O=CO.O=CO. The molecule has 0 radical (unpaired) electrons. The number of allylic oxidation sites excluding steroid dienone is 1. The number of carboxylic acids is 1. The minimum atomic E-state index is -0.847. The van der Waals surface area contributed by atoms with Crippen LogP contribution < -0.4 is 53.4 Å². The monoisotopic (exact) mass is 1020 g/mol. The molecule has 2 aromatic rings. The molecule has 2 rings (SSSR count). The van der Waals surface area contributed by atoms with Gasteiger partial charge in [0.05, 0.1) is 16.5 Å². The van der Waals surface area contributed by atoms with E-state index in [1.807, 2.05) is 6.92 Å². The molecule has 402 valence electrons. The number of unbranched alkanes of at least 4 members (excludes halogenated alkanes) is 4. The Morgan fingerprint density at radius 2 is 1.25 bits per heavy atom. The van der Waals surface area contributed by atoms with Gasteiger partial charge in [-0.2, -0.15) is 0 Å². The molecule has 0 aromatic heterocycles. The lowest BCUT2D eigenvalue weighted by Gasteiger charge is -2.27. The molecule has 0 aliphatic carbocycles. The van der Waals surface area contributed by atoms with Crippen molar-refractivity contribution in [1.82, 2.24) is 21.0 Å². The lowest BCUT2D eigenvalue weighted by molar-refractivity contribution is -0.384. The summed E-state index contributed by atoms with van der Waals surface area (Å²) >= 11 is 0. The molecule has 27 nitrogen and oxygen atoms in total. The van der Waals surface area contributed by atoms with Gasteiger partial charge in [-0.15, -0.1) is 0 Å². The maximum Gasteiger partial charge on any atom is 0.314 e. The highest BCUT2D eigenvalue weighted by molar-refractivity contribution is 5.74. The van der Waals surface area contributed by atoms with E-state index in [-0.39, 0.29) is 86.3 Å². The molecule has 3 atom stereocenters. The van der Waals surface area contributed by atoms with Gasteiger partial charge >= 0.3 is 18.0 Å². The van der Waals surface area contributed by atoms with Crippen molar-refractivity contribution < 1.29 is 72.9 Å². The Morgan fingerprint density at radius 3 is 1.68 bits per heavy atom. The van der Waals surface area contributed by atoms with Crippen molar-refractivity contribution in [2.45, 2.75) is 103 Å². The number of nitro benzene ring substituents is 2. The van der Waals surface area contributed by atoms with Crippen LogP contribution in [0.4, 0.5) is 36.7 Å². The van der Waals surface area contributed by atoms with Crippen LogP contribution in [0, 0.1) is 20.2 Å². The summed E-state index contributed by atoms with van der Waals surface area (Å²) < 4.78 is 24.7. The summed E-state index contributed by atoms with van der Waals surface area (Å²) in [5, 5.41) is 67.4. The van der Waals surface area contributed by atoms with E-state index in [0.29, 0.717) is 62.4 Å². The van der Waals surface area contributed by atoms with Crippen LogP contribution in [0.5, 0.6) is 11.5 Å². The highest BCUT2D eigenvalue weighted by Gasteiger charge is 2.21. The van der Waals surface area contributed by atoms with Crippen molar-refractivity contribution in [3.05, 3.63) is 68.5 Å². The number of carbonyl (C=O) groups is 6. The third-order valence-electron chi connectivity index (χ3n) is 9.03. The Kier molecular flexibility index (Phi) is 41.4. The van der Waals surface area contributed by atoms with Crippen molar-refractivity contribution in [1.29, 1.82) is 0 Å². The Bertz CT molecular complexity index is 1880. The summed E-state index contributed by atoms with van der Waals surface area (Å²) in [5.41, 5.74) is 11.8. The smallest absolute Gasteiger partial charge is 0.314 e. The summed E-state index contributed by atoms with van der Waals surface area (Å²) in [6, 6.07) is 6.81. The fourth-order valence-corrected chi connectivity index (χ4v) is 5.62. The molecule has 4 amide bonds. The number of amides is 4. The number of hydrogen-bond acceptors (Lipinski definition) is 18. The molecule has 28 heteroatoms. The number of nitrogens with zero attached hydrogens (tertiary/aromatic N) is 3.